The van der Waals surface area contributed by atoms with Crippen LogP contribution < -0.4 is 5.73 Å². The van der Waals surface area contributed by atoms with Crippen molar-refractivity contribution in [2.75, 3.05) is 6.54 Å². The van der Waals surface area contributed by atoms with Crippen molar-refractivity contribution in [3.8, 4) is 5.75 Å². The Labute approximate surface area is 105 Å². The van der Waals surface area contributed by atoms with E-state index < -0.39 is 0 Å². The van der Waals surface area contributed by atoms with Gasteiger partial charge >= 0.3 is 0 Å². The van der Waals surface area contributed by atoms with Crippen LogP contribution in [0, 0.1) is 0 Å². The van der Waals surface area contributed by atoms with E-state index in [4.69, 9.17) is 5.73 Å². The second-order valence-corrected chi connectivity index (χ2v) is 5.12. The predicted octanol–water partition coefficient (Wildman–Crippen LogP) is 2.33. The van der Waals surface area contributed by atoms with Crippen LogP contribution in [0.3, 0.4) is 0 Å². The molecule has 4 heteroatoms. The number of para-hydroxylation sites is 1. The maximum absolute atomic E-state index is 9.68. The second-order valence-electron chi connectivity index (χ2n) is 3.92. The number of aromatic nitrogens is 1. The van der Waals surface area contributed by atoms with Gasteiger partial charge in [0.25, 0.3) is 0 Å². The van der Waals surface area contributed by atoms with Gasteiger partial charge in [-0.2, -0.15) is 0 Å². The first-order valence-corrected chi connectivity index (χ1v) is 6.52. The largest absolute Gasteiger partial charge is 0.508 e. The SMILES string of the molecule is NCCCc1cnc(Cc2ccccc2O)s1. The van der Waals surface area contributed by atoms with Crippen LogP contribution in [-0.2, 0) is 12.8 Å². The van der Waals surface area contributed by atoms with Crippen LogP contribution >= 0.6 is 11.3 Å². The Kier molecular flexibility index (Phi) is 4.12. The summed E-state index contributed by atoms with van der Waals surface area (Å²) in [5.41, 5.74) is 6.40. The van der Waals surface area contributed by atoms with Crippen molar-refractivity contribution in [3.05, 3.63) is 45.9 Å². The number of hydrogen-bond acceptors (Lipinski definition) is 4. The highest BCUT2D eigenvalue weighted by molar-refractivity contribution is 7.11. The summed E-state index contributed by atoms with van der Waals surface area (Å²) >= 11 is 1.70. The summed E-state index contributed by atoms with van der Waals surface area (Å²) in [7, 11) is 0. The molecule has 17 heavy (non-hydrogen) atoms. The van der Waals surface area contributed by atoms with Crippen LogP contribution in [0.25, 0.3) is 0 Å². The first-order valence-electron chi connectivity index (χ1n) is 5.70. The van der Waals surface area contributed by atoms with Crippen LogP contribution in [0.4, 0.5) is 0 Å². The van der Waals surface area contributed by atoms with Crippen LogP contribution in [0.1, 0.15) is 21.9 Å². The number of benzene rings is 1. The Balaban J connectivity index is 2.04. The number of nitrogens with zero attached hydrogens (tertiary/aromatic N) is 1. The lowest BCUT2D eigenvalue weighted by Gasteiger charge is -2.00. The highest BCUT2D eigenvalue weighted by atomic mass is 32.1. The molecule has 0 amide bonds. The number of hydrogen-bond donors (Lipinski definition) is 2. The molecule has 0 atom stereocenters. The van der Waals surface area contributed by atoms with Crippen LogP contribution in [-0.4, -0.2) is 16.6 Å². The highest BCUT2D eigenvalue weighted by Gasteiger charge is 2.05. The number of aryl methyl sites for hydroxylation is 1. The van der Waals surface area contributed by atoms with Crippen molar-refractivity contribution >= 4 is 11.3 Å². The van der Waals surface area contributed by atoms with Gasteiger partial charge in [0.1, 0.15) is 5.75 Å². The van der Waals surface area contributed by atoms with E-state index in [1.165, 1.54) is 4.88 Å². The first-order chi connectivity index (χ1) is 8.29. The summed E-state index contributed by atoms with van der Waals surface area (Å²) in [6, 6.07) is 7.39. The van der Waals surface area contributed by atoms with E-state index in [0.717, 1.165) is 23.4 Å². The Hall–Kier alpha value is -1.39. The number of aromatic hydroxyl groups is 1. The Bertz CT molecular complexity index is 482. The number of phenols is 1. The third-order valence-electron chi connectivity index (χ3n) is 2.56. The Morgan fingerprint density at radius 2 is 2.12 bits per heavy atom. The normalized spacial score (nSPS) is 10.6. The molecule has 1 aromatic heterocycles. The van der Waals surface area contributed by atoms with Gasteiger partial charge in [0.15, 0.2) is 0 Å². The molecule has 0 saturated heterocycles. The average Bonchev–Trinajstić information content (AvgIpc) is 2.77. The van der Waals surface area contributed by atoms with Gasteiger partial charge < -0.3 is 10.8 Å². The van der Waals surface area contributed by atoms with Crippen LogP contribution in [0.5, 0.6) is 5.75 Å². The molecular weight excluding hydrogens is 232 g/mol. The molecule has 0 aliphatic heterocycles. The summed E-state index contributed by atoms with van der Waals surface area (Å²) in [5.74, 6) is 0.339. The fourth-order valence-corrected chi connectivity index (χ4v) is 2.63. The van der Waals surface area contributed by atoms with E-state index in [1.807, 2.05) is 24.4 Å². The maximum Gasteiger partial charge on any atom is 0.119 e. The average molecular weight is 248 g/mol. The summed E-state index contributed by atoms with van der Waals surface area (Å²) in [4.78, 5) is 5.64. The molecule has 3 N–H and O–H groups in total. The number of rotatable bonds is 5. The number of thiazole rings is 1. The van der Waals surface area contributed by atoms with Crippen molar-refractivity contribution < 1.29 is 5.11 Å². The van der Waals surface area contributed by atoms with E-state index in [1.54, 1.807) is 17.4 Å². The van der Waals surface area contributed by atoms with Crippen LogP contribution in [0.15, 0.2) is 30.5 Å². The Morgan fingerprint density at radius 1 is 1.29 bits per heavy atom. The lowest BCUT2D eigenvalue weighted by Crippen LogP contribution is -1.99. The van der Waals surface area contributed by atoms with Gasteiger partial charge in [-0.3, -0.25) is 0 Å². The highest BCUT2D eigenvalue weighted by Crippen LogP contribution is 2.22. The molecule has 0 unspecified atom stereocenters. The fraction of sp³-hybridized carbons (Fsp3) is 0.308. The van der Waals surface area contributed by atoms with E-state index in [-0.39, 0.29) is 0 Å². The van der Waals surface area contributed by atoms with E-state index in [2.05, 4.69) is 4.98 Å². The molecule has 1 aromatic carbocycles. The molecule has 0 bridgehead atoms. The monoisotopic (exact) mass is 248 g/mol. The standard InChI is InChI=1S/C13H16N2OS/c14-7-3-5-11-9-15-13(17-11)8-10-4-1-2-6-12(10)16/h1-2,4,6,9,16H,3,5,7-8,14H2. The molecule has 90 valence electrons. The number of nitrogens with two attached hydrogens (primary N) is 1. The molecule has 0 aliphatic carbocycles. The zero-order valence-electron chi connectivity index (χ0n) is 9.60. The lowest BCUT2D eigenvalue weighted by atomic mass is 10.1. The topological polar surface area (TPSA) is 59.1 Å². The molecule has 0 saturated carbocycles. The van der Waals surface area contributed by atoms with Crippen LogP contribution in [0.2, 0.25) is 0 Å². The van der Waals surface area contributed by atoms with Gasteiger partial charge in [0.2, 0.25) is 0 Å². The van der Waals surface area contributed by atoms with Crippen molar-refractivity contribution in [1.29, 1.82) is 0 Å². The zero-order chi connectivity index (χ0) is 12.1. The van der Waals surface area contributed by atoms with E-state index in [9.17, 15) is 5.11 Å². The molecule has 0 fully saturated rings. The van der Waals surface area contributed by atoms with Crippen molar-refractivity contribution in [2.24, 2.45) is 5.73 Å². The minimum Gasteiger partial charge on any atom is -0.508 e. The molecular formula is C13H16N2OS. The Morgan fingerprint density at radius 3 is 2.88 bits per heavy atom. The summed E-state index contributed by atoms with van der Waals surface area (Å²) in [5, 5.41) is 10.7. The smallest absolute Gasteiger partial charge is 0.119 e. The molecule has 2 rings (SSSR count). The third-order valence-corrected chi connectivity index (χ3v) is 3.62. The van der Waals surface area contributed by atoms with Crippen molar-refractivity contribution in [3.63, 3.8) is 0 Å². The van der Waals surface area contributed by atoms with Gasteiger partial charge in [-0.1, -0.05) is 18.2 Å². The minimum atomic E-state index is 0.339. The molecule has 3 nitrogen and oxygen atoms in total. The second kappa shape index (κ2) is 5.80. The van der Waals surface area contributed by atoms with E-state index in [0.29, 0.717) is 18.7 Å². The molecule has 0 aliphatic rings. The summed E-state index contributed by atoms with van der Waals surface area (Å²) in [6.07, 6.45) is 4.60. The first kappa shape index (κ1) is 12.1. The van der Waals surface area contributed by atoms with Crippen molar-refractivity contribution in [1.82, 2.24) is 4.98 Å². The molecule has 0 radical (unpaired) electrons. The molecule has 0 spiro atoms. The van der Waals surface area contributed by atoms with Gasteiger partial charge in [0, 0.05) is 23.1 Å². The van der Waals surface area contributed by atoms with Gasteiger partial charge in [-0.15, -0.1) is 11.3 Å². The maximum atomic E-state index is 9.68. The predicted molar refractivity (Wildman–Crippen MR) is 70.4 cm³/mol. The third kappa shape index (κ3) is 3.28. The molecule has 1 heterocycles. The minimum absolute atomic E-state index is 0.339. The van der Waals surface area contributed by atoms with Crippen molar-refractivity contribution in [2.45, 2.75) is 19.3 Å². The zero-order valence-corrected chi connectivity index (χ0v) is 10.4. The number of phenolic OH excluding ortho intramolecular Hbond substituents is 1. The van der Waals surface area contributed by atoms with Gasteiger partial charge in [0.05, 0.1) is 5.01 Å². The molecule has 2 aromatic rings. The van der Waals surface area contributed by atoms with E-state index >= 15 is 0 Å². The quantitative estimate of drug-likeness (QED) is 0.853. The van der Waals surface area contributed by atoms with Gasteiger partial charge in [-0.25, -0.2) is 4.98 Å². The summed E-state index contributed by atoms with van der Waals surface area (Å²) < 4.78 is 0. The fourth-order valence-electron chi connectivity index (χ4n) is 1.64. The summed E-state index contributed by atoms with van der Waals surface area (Å²) in [6.45, 7) is 0.715. The van der Waals surface area contributed by atoms with Gasteiger partial charge in [-0.05, 0) is 25.5 Å². The lowest BCUT2D eigenvalue weighted by molar-refractivity contribution is 0.469.